The summed E-state index contributed by atoms with van der Waals surface area (Å²) in [6.45, 7) is -0.182. The molecule has 98 valence electrons. The van der Waals surface area contributed by atoms with Gasteiger partial charge >= 0.3 is 12.0 Å². The lowest BCUT2D eigenvalue weighted by molar-refractivity contribution is -0.144. The third kappa shape index (κ3) is 5.15. The summed E-state index contributed by atoms with van der Waals surface area (Å²) in [5.41, 5.74) is 2.99. The van der Waals surface area contributed by atoms with Crippen molar-refractivity contribution in [1.82, 2.24) is 10.4 Å². The number of urea groups is 1. The molecule has 1 rings (SSSR count). The van der Waals surface area contributed by atoms with Crippen LogP contribution in [0, 0.1) is 0 Å². The van der Waals surface area contributed by atoms with Crippen molar-refractivity contribution in [3.05, 3.63) is 34.3 Å². The molecule has 0 spiro atoms. The number of hydroxylamine groups is 1. The van der Waals surface area contributed by atoms with E-state index in [1.165, 1.54) is 4.90 Å². The van der Waals surface area contributed by atoms with Crippen LogP contribution >= 0.6 is 15.9 Å². The van der Waals surface area contributed by atoms with Crippen LogP contribution in [0.3, 0.4) is 0 Å². The Hall–Kier alpha value is -1.60. The maximum Gasteiger partial charge on any atom is 0.341 e. The molecule has 0 saturated carbocycles. The fourth-order valence-electron chi connectivity index (χ4n) is 1.22. The number of carbonyl (C=O) groups excluding carboxylic acids is 1. The number of carboxylic acids is 1. The lowest BCUT2D eigenvalue weighted by Crippen LogP contribution is -2.37. The SMILES string of the molecule is CN(Cc1cccc(Br)c1)C(=O)NOCC(=O)O. The highest BCUT2D eigenvalue weighted by Gasteiger charge is 2.09. The number of nitrogens with one attached hydrogen (secondary N) is 1. The second kappa shape index (κ2) is 6.97. The van der Waals surface area contributed by atoms with Gasteiger partial charge in [0.2, 0.25) is 0 Å². The van der Waals surface area contributed by atoms with Crippen molar-refractivity contribution in [3.8, 4) is 0 Å². The number of aliphatic carboxylic acids is 1. The van der Waals surface area contributed by atoms with Crippen LogP contribution in [-0.2, 0) is 16.2 Å². The van der Waals surface area contributed by atoms with E-state index in [1.807, 2.05) is 29.7 Å². The Bertz CT molecular complexity index is 439. The van der Waals surface area contributed by atoms with Gasteiger partial charge in [0.15, 0.2) is 6.61 Å². The topological polar surface area (TPSA) is 78.9 Å². The molecule has 0 aliphatic rings. The van der Waals surface area contributed by atoms with E-state index in [2.05, 4.69) is 20.8 Å². The average Bonchev–Trinajstić information content (AvgIpc) is 2.28. The molecular weight excluding hydrogens is 304 g/mol. The molecule has 18 heavy (non-hydrogen) atoms. The van der Waals surface area contributed by atoms with E-state index >= 15 is 0 Å². The third-order valence-electron chi connectivity index (χ3n) is 2.01. The highest BCUT2D eigenvalue weighted by molar-refractivity contribution is 9.10. The Morgan fingerprint density at radius 1 is 1.50 bits per heavy atom. The normalized spacial score (nSPS) is 9.89. The van der Waals surface area contributed by atoms with Gasteiger partial charge in [0.25, 0.3) is 0 Å². The minimum atomic E-state index is -1.15. The van der Waals surface area contributed by atoms with Crippen LogP contribution in [0.15, 0.2) is 28.7 Å². The molecule has 2 N–H and O–H groups in total. The van der Waals surface area contributed by atoms with Crippen molar-refractivity contribution < 1.29 is 19.5 Å². The molecule has 7 heteroatoms. The van der Waals surface area contributed by atoms with E-state index < -0.39 is 18.6 Å². The van der Waals surface area contributed by atoms with Crippen LogP contribution in [0.5, 0.6) is 0 Å². The lowest BCUT2D eigenvalue weighted by atomic mass is 10.2. The van der Waals surface area contributed by atoms with Crippen LogP contribution in [0.2, 0.25) is 0 Å². The Balaban J connectivity index is 2.42. The van der Waals surface area contributed by atoms with Crippen molar-refractivity contribution in [1.29, 1.82) is 0 Å². The van der Waals surface area contributed by atoms with Gasteiger partial charge in [-0.3, -0.25) is 4.84 Å². The van der Waals surface area contributed by atoms with Crippen molar-refractivity contribution in [2.45, 2.75) is 6.54 Å². The Morgan fingerprint density at radius 3 is 2.83 bits per heavy atom. The summed E-state index contributed by atoms with van der Waals surface area (Å²) in [5, 5.41) is 8.34. The molecule has 0 aliphatic heterocycles. The zero-order chi connectivity index (χ0) is 13.5. The molecule has 0 fully saturated rings. The first-order chi connectivity index (χ1) is 8.49. The molecule has 0 atom stereocenters. The summed E-state index contributed by atoms with van der Waals surface area (Å²) in [6.07, 6.45) is 0. The second-order valence-corrected chi connectivity index (χ2v) is 4.49. The molecule has 0 saturated heterocycles. The zero-order valence-electron chi connectivity index (χ0n) is 9.72. The molecule has 0 heterocycles. The van der Waals surface area contributed by atoms with Crippen LogP contribution in [0.4, 0.5) is 4.79 Å². The van der Waals surface area contributed by atoms with Crippen LogP contribution in [-0.4, -0.2) is 35.7 Å². The Kier molecular flexibility index (Phi) is 5.60. The summed E-state index contributed by atoms with van der Waals surface area (Å²) < 4.78 is 0.927. The fraction of sp³-hybridized carbons (Fsp3) is 0.273. The van der Waals surface area contributed by atoms with Gasteiger partial charge < -0.3 is 10.0 Å². The lowest BCUT2D eigenvalue weighted by Gasteiger charge is -2.17. The minimum absolute atomic E-state index is 0.391. The monoisotopic (exact) mass is 316 g/mol. The molecule has 2 amide bonds. The first-order valence-corrected chi connectivity index (χ1v) is 5.87. The van der Waals surface area contributed by atoms with Gasteiger partial charge in [0.05, 0.1) is 0 Å². The number of amides is 2. The molecule has 6 nitrogen and oxygen atoms in total. The van der Waals surface area contributed by atoms with E-state index in [-0.39, 0.29) is 0 Å². The minimum Gasteiger partial charge on any atom is -0.479 e. The number of carbonyl (C=O) groups is 2. The quantitative estimate of drug-likeness (QED) is 0.809. The van der Waals surface area contributed by atoms with Crippen molar-refractivity contribution in [2.75, 3.05) is 13.7 Å². The summed E-state index contributed by atoms with van der Waals surface area (Å²) in [5.74, 6) is -1.15. The highest BCUT2D eigenvalue weighted by atomic mass is 79.9. The van der Waals surface area contributed by atoms with Crippen molar-refractivity contribution in [2.24, 2.45) is 0 Å². The summed E-state index contributed by atoms with van der Waals surface area (Å²) >= 11 is 3.34. The molecular formula is C11H13BrN2O4. The van der Waals surface area contributed by atoms with E-state index in [0.29, 0.717) is 6.54 Å². The van der Waals surface area contributed by atoms with E-state index in [4.69, 9.17) is 5.11 Å². The van der Waals surface area contributed by atoms with Gasteiger partial charge in [-0.05, 0) is 17.7 Å². The highest BCUT2D eigenvalue weighted by Crippen LogP contribution is 2.12. The number of hydrogen-bond acceptors (Lipinski definition) is 3. The molecule has 0 aromatic heterocycles. The first-order valence-electron chi connectivity index (χ1n) is 5.08. The molecule has 0 bridgehead atoms. The number of halogens is 1. The number of benzene rings is 1. The van der Waals surface area contributed by atoms with Gasteiger partial charge in [-0.25, -0.2) is 15.1 Å². The summed E-state index contributed by atoms with van der Waals surface area (Å²) in [7, 11) is 1.58. The number of rotatable bonds is 5. The molecule has 0 radical (unpaired) electrons. The van der Waals surface area contributed by atoms with Crippen LogP contribution in [0.25, 0.3) is 0 Å². The van der Waals surface area contributed by atoms with Gasteiger partial charge in [-0.2, -0.15) is 0 Å². The molecule has 1 aromatic rings. The molecule has 1 aromatic carbocycles. The van der Waals surface area contributed by atoms with Crippen molar-refractivity contribution in [3.63, 3.8) is 0 Å². The van der Waals surface area contributed by atoms with E-state index in [0.717, 1.165) is 10.0 Å². The third-order valence-corrected chi connectivity index (χ3v) is 2.50. The smallest absolute Gasteiger partial charge is 0.341 e. The van der Waals surface area contributed by atoms with Crippen LogP contribution < -0.4 is 5.48 Å². The predicted molar refractivity (Wildman–Crippen MR) is 67.7 cm³/mol. The van der Waals surface area contributed by atoms with Gasteiger partial charge in [0, 0.05) is 18.1 Å². The Morgan fingerprint density at radius 2 is 2.22 bits per heavy atom. The van der Waals surface area contributed by atoms with E-state index in [9.17, 15) is 9.59 Å². The van der Waals surface area contributed by atoms with Gasteiger partial charge in [-0.15, -0.1) is 0 Å². The molecule has 0 unspecified atom stereocenters. The number of nitrogens with zero attached hydrogens (tertiary/aromatic N) is 1. The summed E-state index contributed by atoms with van der Waals surface area (Å²) in [6, 6.07) is 7.02. The maximum absolute atomic E-state index is 11.5. The fourth-order valence-corrected chi connectivity index (χ4v) is 1.67. The predicted octanol–water partition coefficient (Wildman–Crippen LogP) is 1.61. The standard InChI is InChI=1S/C11H13BrN2O4/c1-14(11(17)13-18-7-10(15)16)6-8-3-2-4-9(12)5-8/h2-5H,6-7H2,1H3,(H,13,17)(H,15,16). The number of carboxylic acid groups (broad SMARTS) is 1. The Labute approximate surface area is 113 Å². The maximum atomic E-state index is 11.5. The first kappa shape index (κ1) is 14.5. The number of hydrogen-bond donors (Lipinski definition) is 2. The van der Waals surface area contributed by atoms with Gasteiger partial charge in [0.1, 0.15) is 0 Å². The summed E-state index contributed by atoms with van der Waals surface area (Å²) in [4.78, 5) is 27.6. The second-order valence-electron chi connectivity index (χ2n) is 3.58. The zero-order valence-corrected chi connectivity index (χ0v) is 11.3. The van der Waals surface area contributed by atoms with E-state index in [1.54, 1.807) is 7.05 Å². The van der Waals surface area contributed by atoms with Crippen LogP contribution in [0.1, 0.15) is 5.56 Å². The largest absolute Gasteiger partial charge is 0.479 e. The van der Waals surface area contributed by atoms with Gasteiger partial charge in [-0.1, -0.05) is 28.1 Å². The molecule has 0 aliphatic carbocycles. The van der Waals surface area contributed by atoms with Crippen molar-refractivity contribution >= 4 is 27.9 Å². The average molecular weight is 317 g/mol.